The predicted octanol–water partition coefficient (Wildman–Crippen LogP) is 5.18. The molecule has 2 aliphatic rings. The Bertz CT molecular complexity index is 1680. The minimum Gasteiger partial charge on any atom is -0.492 e. The van der Waals surface area contributed by atoms with Gasteiger partial charge in [-0.1, -0.05) is 48.5 Å². The first-order chi connectivity index (χ1) is 20.8. The second-order valence-corrected chi connectivity index (χ2v) is 11.6. The summed E-state index contributed by atoms with van der Waals surface area (Å²) in [6, 6.07) is 21.1. The number of carbonyl (C=O) groups is 1. The van der Waals surface area contributed by atoms with Crippen molar-refractivity contribution in [1.82, 2.24) is 19.8 Å². The van der Waals surface area contributed by atoms with Crippen molar-refractivity contribution >= 4 is 11.7 Å². The molecule has 43 heavy (non-hydrogen) atoms. The molecule has 6 rings (SSSR count). The van der Waals surface area contributed by atoms with Crippen LogP contribution in [0.1, 0.15) is 52.7 Å². The third-order valence-corrected chi connectivity index (χ3v) is 8.13. The molecule has 0 unspecified atom stereocenters. The molecule has 0 atom stereocenters. The molecule has 0 radical (unpaired) electrons. The third kappa shape index (κ3) is 6.46. The molecule has 1 aromatic heterocycles. The van der Waals surface area contributed by atoms with Crippen molar-refractivity contribution in [3.05, 3.63) is 118 Å². The highest BCUT2D eigenvalue weighted by atomic mass is 19.1. The van der Waals surface area contributed by atoms with Crippen molar-refractivity contribution in [2.45, 2.75) is 50.7 Å². The summed E-state index contributed by atoms with van der Waals surface area (Å²) in [6.07, 6.45) is 6.48. The topological polar surface area (TPSA) is 88.5 Å². The molecule has 1 heterocycles. The fourth-order valence-corrected chi connectivity index (χ4v) is 5.32. The molecular weight excluding hydrogens is 545 g/mol. The summed E-state index contributed by atoms with van der Waals surface area (Å²) in [5.41, 5.74) is 2.07. The largest absolute Gasteiger partial charge is 0.492 e. The molecular formula is C34H36FN5O3. The van der Waals surface area contributed by atoms with Gasteiger partial charge in [0.2, 0.25) is 0 Å². The molecule has 2 aliphatic carbocycles. The number of rotatable bonds is 12. The van der Waals surface area contributed by atoms with Crippen LogP contribution in [0.4, 0.5) is 10.2 Å². The zero-order valence-electron chi connectivity index (χ0n) is 24.5. The lowest BCUT2D eigenvalue weighted by Gasteiger charge is -2.23. The summed E-state index contributed by atoms with van der Waals surface area (Å²) < 4.78 is 22.5. The lowest BCUT2D eigenvalue weighted by molar-refractivity contribution is 0.0950. The number of ether oxygens (including phenoxy) is 1. The fourth-order valence-electron chi connectivity index (χ4n) is 5.32. The number of halogens is 1. The first-order valence-corrected chi connectivity index (χ1v) is 14.7. The quantitative estimate of drug-likeness (QED) is 0.240. The normalized spacial score (nSPS) is 15.3. The van der Waals surface area contributed by atoms with E-state index in [4.69, 9.17) is 4.74 Å². The summed E-state index contributed by atoms with van der Waals surface area (Å²) in [7, 11) is 2.07. The Labute approximate surface area is 250 Å². The molecule has 2 N–H and O–H groups in total. The molecule has 222 valence electrons. The first kappa shape index (κ1) is 28.6. The number of para-hydroxylation sites is 1. The molecule has 0 spiro atoms. The smallest absolute Gasteiger partial charge is 0.297 e. The minimum atomic E-state index is -0.546. The van der Waals surface area contributed by atoms with E-state index in [1.165, 1.54) is 28.6 Å². The number of amides is 1. The van der Waals surface area contributed by atoms with Gasteiger partial charge < -0.3 is 15.4 Å². The van der Waals surface area contributed by atoms with Gasteiger partial charge in [-0.25, -0.2) is 9.37 Å². The second-order valence-electron chi connectivity index (χ2n) is 11.6. The number of likely N-dealkylation sites (N-methyl/N-ethyl adjacent to an activating group) is 1. The minimum absolute atomic E-state index is 0.136. The van der Waals surface area contributed by atoms with E-state index in [0.717, 1.165) is 50.1 Å². The number of nitrogens with one attached hydrogen (secondary N) is 2. The summed E-state index contributed by atoms with van der Waals surface area (Å²) in [5, 5.41) is 6.28. The number of nitrogens with zero attached hydrogens (tertiary/aromatic N) is 3. The highest BCUT2D eigenvalue weighted by molar-refractivity contribution is 5.95. The van der Waals surface area contributed by atoms with Gasteiger partial charge in [0.05, 0.1) is 11.2 Å². The van der Waals surface area contributed by atoms with Gasteiger partial charge in [-0.2, -0.15) is 0 Å². The average molecular weight is 582 g/mol. The molecule has 9 heteroatoms. The maximum atomic E-state index is 14.9. The van der Waals surface area contributed by atoms with Gasteiger partial charge in [-0.05, 0) is 63.4 Å². The van der Waals surface area contributed by atoms with Crippen LogP contribution >= 0.6 is 0 Å². The fraction of sp³-hybridized carbons (Fsp3) is 0.324. The van der Waals surface area contributed by atoms with Gasteiger partial charge in [-0.15, -0.1) is 0 Å². The van der Waals surface area contributed by atoms with Crippen molar-refractivity contribution in [3.63, 3.8) is 0 Å². The number of benzene rings is 3. The molecule has 8 nitrogen and oxygen atoms in total. The maximum Gasteiger partial charge on any atom is 0.297 e. The van der Waals surface area contributed by atoms with Crippen LogP contribution in [0.15, 0.2) is 83.9 Å². The number of aromatic nitrogens is 2. The monoisotopic (exact) mass is 581 g/mol. The zero-order valence-corrected chi connectivity index (χ0v) is 24.5. The van der Waals surface area contributed by atoms with E-state index in [9.17, 15) is 14.0 Å². The van der Waals surface area contributed by atoms with Crippen molar-refractivity contribution in [1.29, 1.82) is 0 Å². The van der Waals surface area contributed by atoms with Crippen LogP contribution in [0.3, 0.4) is 0 Å². The first-order valence-electron chi connectivity index (χ1n) is 14.7. The predicted molar refractivity (Wildman–Crippen MR) is 164 cm³/mol. The summed E-state index contributed by atoms with van der Waals surface area (Å²) >= 11 is 0. The van der Waals surface area contributed by atoms with E-state index < -0.39 is 16.9 Å². The van der Waals surface area contributed by atoms with Crippen molar-refractivity contribution in [3.8, 4) is 11.4 Å². The van der Waals surface area contributed by atoms with Gasteiger partial charge >= 0.3 is 0 Å². The highest BCUT2D eigenvalue weighted by Gasteiger charge is 2.47. The zero-order chi connectivity index (χ0) is 30.0. The molecule has 3 aromatic carbocycles. The van der Waals surface area contributed by atoms with Crippen LogP contribution in [0.25, 0.3) is 5.69 Å². The number of hydrogen-bond donors (Lipinski definition) is 2. The highest BCUT2D eigenvalue weighted by Crippen LogP contribution is 2.50. The van der Waals surface area contributed by atoms with Crippen LogP contribution in [0.5, 0.6) is 5.75 Å². The van der Waals surface area contributed by atoms with Gasteiger partial charge in [-0.3, -0.25) is 19.1 Å². The van der Waals surface area contributed by atoms with E-state index in [-0.39, 0.29) is 28.9 Å². The van der Waals surface area contributed by atoms with Gasteiger partial charge in [0.1, 0.15) is 18.2 Å². The summed E-state index contributed by atoms with van der Waals surface area (Å²) in [4.78, 5) is 32.9. The van der Waals surface area contributed by atoms with E-state index >= 15 is 0 Å². The molecule has 2 saturated carbocycles. The van der Waals surface area contributed by atoms with Crippen molar-refractivity contribution in [2.75, 3.05) is 25.5 Å². The molecule has 0 aliphatic heterocycles. The Kier molecular flexibility index (Phi) is 7.99. The number of anilines is 1. The third-order valence-electron chi connectivity index (χ3n) is 8.13. The van der Waals surface area contributed by atoms with Crippen molar-refractivity contribution < 1.29 is 13.9 Å². The summed E-state index contributed by atoms with van der Waals surface area (Å²) in [5.74, 6) is 0.0351. The van der Waals surface area contributed by atoms with Crippen molar-refractivity contribution in [2.24, 2.45) is 0 Å². The second kappa shape index (κ2) is 12.0. The van der Waals surface area contributed by atoms with Crippen LogP contribution in [0.2, 0.25) is 0 Å². The van der Waals surface area contributed by atoms with Gasteiger partial charge in [0.15, 0.2) is 5.82 Å². The Hall–Kier alpha value is -4.50. The molecule has 0 saturated heterocycles. The lowest BCUT2D eigenvalue weighted by atomic mass is 10.0. The SMILES string of the molecule is Cc1c(F)cc(C(=O)NC2CC2)cc1-n1ccnc(NC2(c3ccccc3OCCN(C)Cc3ccccc3)CC2)c1=O. The number of carbonyl (C=O) groups excluding carboxylic acids is 1. The van der Waals surface area contributed by atoms with E-state index in [2.05, 4.69) is 39.7 Å². The van der Waals surface area contributed by atoms with Crippen LogP contribution in [-0.2, 0) is 12.1 Å². The van der Waals surface area contributed by atoms with Gasteiger partial charge in [0, 0.05) is 48.2 Å². The van der Waals surface area contributed by atoms with Crippen LogP contribution in [-0.4, -0.2) is 46.6 Å². The molecule has 0 bridgehead atoms. The average Bonchev–Trinajstić information content (AvgIpc) is 3.94. The number of hydrogen-bond acceptors (Lipinski definition) is 6. The molecule has 2 fully saturated rings. The van der Waals surface area contributed by atoms with E-state index in [1.807, 2.05) is 42.5 Å². The Morgan fingerprint density at radius 2 is 1.86 bits per heavy atom. The van der Waals surface area contributed by atoms with Crippen LogP contribution in [0, 0.1) is 12.7 Å². The molecule has 1 amide bonds. The Morgan fingerprint density at radius 3 is 2.60 bits per heavy atom. The molecule has 4 aromatic rings. The van der Waals surface area contributed by atoms with Crippen LogP contribution < -0.4 is 20.9 Å². The standard InChI is InChI=1S/C34H36FN5O3/c1-23-28(35)20-25(32(41)37-26-12-13-26)21-29(23)40-17-16-36-31(33(40)42)38-34(14-15-34)27-10-6-7-11-30(27)43-19-18-39(2)22-24-8-4-3-5-9-24/h3-11,16-17,20-21,26H,12-15,18-19,22H2,1-2H3,(H,36,38)(H,37,41). The lowest BCUT2D eigenvalue weighted by Crippen LogP contribution is -2.30. The Balaban J connectivity index is 1.19. The summed E-state index contributed by atoms with van der Waals surface area (Å²) in [6.45, 7) is 3.70. The van der Waals surface area contributed by atoms with E-state index in [0.29, 0.717) is 12.3 Å². The van der Waals surface area contributed by atoms with E-state index in [1.54, 1.807) is 13.0 Å². The Morgan fingerprint density at radius 1 is 1.12 bits per heavy atom. The maximum absolute atomic E-state index is 14.9. The van der Waals surface area contributed by atoms with Gasteiger partial charge in [0.25, 0.3) is 11.5 Å².